The van der Waals surface area contributed by atoms with Crippen LogP contribution in [0.1, 0.15) is 51.6 Å². The number of aliphatic hydroxyl groups excluding tert-OH is 2. The molecule has 10 atom stereocenters. The summed E-state index contributed by atoms with van der Waals surface area (Å²) in [6.07, 6.45) is 2.83. The van der Waals surface area contributed by atoms with Crippen molar-refractivity contribution in [2.24, 2.45) is 5.92 Å². The average molecular weight is 468 g/mol. The van der Waals surface area contributed by atoms with Gasteiger partial charge in [-0.05, 0) is 46.1 Å². The standard InChI is InChI=1S/C23H37N3O7/c1-4-15-17(27)16(24-3)19-20(18(15)28)32-21-23(30,33-19)22(29,11-13(2)31-21)8-6-5-7-14-12-25-9-10-26-14/h9-10,12-13,15-21,24,27-30H,4-8,11H2,1-3H3/t13-,15-,16+,17+,18+,19-,20-,21+,22+,23-/m1/s1. The van der Waals surface area contributed by atoms with E-state index in [0.29, 0.717) is 19.3 Å². The fraction of sp³-hybridized carbons (Fsp3) is 0.826. The van der Waals surface area contributed by atoms with Crippen LogP contribution in [0.3, 0.4) is 0 Å². The molecule has 0 radical (unpaired) electrons. The molecule has 3 aliphatic rings. The van der Waals surface area contributed by atoms with Crippen LogP contribution in [-0.2, 0) is 20.6 Å². The van der Waals surface area contributed by atoms with Crippen LogP contribution >= 0.6 is 0 Å². The minimum Gasteiger partial charge on any atom is -0.391 e. The number of aromatic nitrogens is 2. The number of fused-ring (bicyclic) bond motifs is 2. The molecule has 186 valence electrons. The van der Waals surface area contributed by atoms with Gasteiger partial charge >= 0.3 is 0 Å². The third-order valence-electron chi connectivity index (χ3n) is 7.52. The van der Waals surface area contributed by atoms with Crippen LogP contribution in [0.15, 0.2) is 18.6 Å². The molecule has 2 aliphatic heterocycles. The molecule has 1 saturated carbocycles. The summed E-state index contributed by atoms with van der Waals surface area (Å²) in [7, 11) is 1.69. The highest BCUT2D eigenvalue weighted by atomic mass is 16.8. The monoisotopic (exact) mass is 467 g/mol. The van der Waals surface area contributed by atoms with Crippen LogP contribution in [0.4, 0.5) is 0 Å². The van der Waals surface area contributed by atoms with Crippen molar-refractivity contribution < 1.29 is 34.6 Å². The third kappa shape index (κ3) is 4.43. The van der Waals surface area contributed by atoms with E-state index in [2.05, 4.69) is 15.3 Å². The number of unbranched alkanes of at least 4 members (excludes halogenated alkanes) is 1. The molecular formula is C23H37N3O7. The number of hydrogen-bond donors (Lipinski definition) is 5. The Hall–Kier alpha value is -1.24. The van der Waals surface area contributed by atoms with Crippen LogP contribution in [-0.4, -0.2) is 91.7 Å². The zero-order valence-electron chi connectivity index (χ0n) is 19.5. The fourth-order valence-electron chi connectivity index (χ4n) is 5.72. The molecule has 0 bridgehead atoms. The van der Waals surface area contributed by atoms with Gasteiger partial charge in [-0.3, -0.25) is 9.97 Å². The molecular weight excluding hydrogens is 430 g/mol. The maximum Gasteiger partial charge on any atom is 0.248 e. The molecule has 0 aromatic carbocycles. The zero-order valence-corrected chi connectivity index (χ0v) is 19.5. The first-order chi connectivity index (χ1) is 15.7. The van der Waals surface area contributed by atoms with Crippen LogP contribution in [0, 0.1) is 5.92 Å². The van der Waals surface area contributed by atoms with E-state index in [9.17, 15) is 20.4 Å². The van der Waals surface area contributed by atoms with E-state index in [4.69, 9.17) is 14.2 Å². The minimum absolute atomic E-state index is 0.165. The number of nitrogens with zero attached hydrogens (tertiary/aromatic N) is 2. The highest BCUT2D eigenvalue weighted by Gasteiger charge is 2.68. The molecule has 10 nitrogen and oxygen atoms in total. The van der Waals surface area contributed by atoms with Crippen LogP contribution in [0.2, 0.25) is 0 Å². The number of hydrogen-bond acceptors (Lipinski definition) is 10. The number of nitrogens with one attached hydrogen (secondary N) is 1. The second-order valence-electron chi connectivity index (χ2n) is 9.67. The highest BCUT2D eigenvalue weighted by Crippen LogP contribution is 2.49. The molecule has 2 saturated heterocycles. The van der Waals surface area contributed by atoms with Crippen molar-refractivity contribution in [1.82, 2.24) is 15.3 Å². The normalized spacial score (nSPS) is 45.3. The van der Waals surface area contributed by atoms with Crippen molar-refractivity contribution in [2.45, 2.75) is 107 Å². The van der Waals surface area contributed by atoms with Crippen molar-refractivity contribution in [1.29, 1.82) is 0 Å². The lowest BCUT2D eigenvalue weighted by Gasteiger charge is -2.60. The van der Waals surface area contributed by atoms with Crippen LogP contribution in [0.5, 0.6) is 0 Å². The topological polar surface area (TPSA) is 146 Å². The second-order valence-corrected chi connectivity index (χ2v) is 9.67. The number of likely N-dealkylation sites (N-methyl/N-ethyl adjacent to an activating group) is 1. The van der Waals surface area contributed by atoms with E-state index in [0.717, 1.165) is 12.1 Å². The van der Waals surface area contributed by atoms with Gasteiger partial charge in [-0.25, -0.2) is 0 Å². The summed E-state index contributed by atoms with van der Waals surface area (Å²) in [6, 6.07) is -0.589. The first kappa shape index (κ1) is 24.9. The van der Waals surface area contributed by atoms with Crippen molar-refractivity contribution >= 4 is 0 Å². The molecule has 0 amide bonds. The van der Waals surface area contributed by atoms with Gasteiger partial charge in [0.25, 0.3) is 0 Å². The van der Waals surface area contributed by atoms with Gasteiger partial charge in [0.2, 0.25) is 12.1 Å². The van der Waals surface area contributed by atoms with E-state index in [1.807, 2.05) is 13.8 Å². The van der Waals surface area contributed by atoms with Gasteiger partial charge in [0.15, 0.2) is 0 Å². The molecule has 33 heavy (non-hydrogen) atoms. The van der Waals surface area contributed by atoms with E-state index < -0.39 is 54.1 Å². The van der Waals surface area contributed by atoms with Gasteiger partial charge in [0, 0.05) is 30.9 Å². The summed E-state index contributed by atoms with van der Waals surface area (Å²) < 4.78 is 18.1. The van der Waals surface area contributed by atoms with Crippen molar-refractivity contribution in [2.75, 3.05) is 7.05 Å². The van der Waals surface area contributed by atoms with Crippen LogP contribution < -0.4 is 5.32 Å². The van der Waals surface area contributed by atoms with E-state index in [-0.39, 0.29) is 18.9 Å². The fourth-order valence-corrected chi connectivity index (χ4v) is 5.72. The summed E-state index contributed by atoms with van der Waals surface area (Å²) in [4.78, 5) is 8.34. The lowest BCUT2D eigenvalue weighted by molar-refractivity contribution is -0.485. The van der Waals surface area contributed by atoms with Gasteiger partial charge in [0.05, 0.1) is 30.0 Å². The first-order valence-corrected chi connectivity index (χ1v) is 12.0. The molecule has 1 aromatic heterocycles. The molecule has 1 aromatic rings. The Morgan fingerprint density at radius 1 is 1.12 bits per heavy atom. The molecule has 1 aliphatic carbocycles. The van der Waals surface area contributed by atoms with Crippen molar-refractivity contribution in [3.05, 3.63) is 24.3 Å². The maximum absolute atomic E-state index is 11.7. The molecule has 4 rings (SSSR count). The second kappa shape index (κ2) is 9.79. The van der Waals surface area contributed by atoms with Gasteiger partial charge in [-0.15, -0.1) is 0 Å². The Balaban J connectivity index is 1.52. The van der Waals surface area contributed by atoms with Gasteiger partial charge < -0.3 is 40.0 Å². The lowest BCUT2D eigenvalue weighted by atomic mass is 9.73. The van der Waals surface area contributed by atoms with Crippen molar-refractivity contribution in [3.8, 4) is 0 Å². The van der Waals surface area contributed by atoms with Gasteiger partial charge in [-0.1, -0.05) is 6.92 Å². The summed E-state index contributed by atoms with van der Waals surface area (Å²) in [5.74, 6) is -2.56. The number of rotatable bonds is 7. The van der Waals surface area contributed by atoms with E-state index in [1.54, 1.807) is 25.6 Å². The molecule has 0 spiro atoms. The first-order valence-electron chi connectivity index (χ1n) is 12.0. The summed E-state index contributed by atoms with van der Waals surface area (Å²) in [5, 5.41) is 48.1. The Bertz CT molecular complexity index is 789. The zero-order chi connectivity index (χ0) is 23.8. The average Bonchev–Trinajstić information content (AvgIpc) is 2.78. The Labute approximate surface area is 194 Å². The SMILES string of the molecule is CC[C@@H]1[C@H](O)[C@H](NC)[C@H]2O[C@]3(O)[C@H](O[C@@H]2[C@H]1O)O[C@H](C)C[C@@]3(O)CCCCc1cnccn1. The number of aryl methyl sites for hydroxylation is 1. The number of aliphatic hydroxyl groups is 4. The molecule has 0 unspecified atom stereocenters. The third-order valence-corrected chi connectivity index (χ3v) is 7.52. The Kier molecular flexibility index (Phi) is 7.38. The quantitative estimate of drug-likeness (QED) is 0.344. The Morgan fingerprint density at radius 2 is 1.91 bits per heavy atom. The molecule has 10 heteroatoms. The molecule has 3 fully saturated rings. The summed E-state index contributed by atoms with van der Waals surface area (Å²) in [6.45, 7) is 3.70. The predicted octanol–water partition coefficient (Wildman–Crippen LogP) is -0.122. The summed E-state index contributed by atoms with van der Waals surface area (Å²) >= 11 is 0. The molecule has 3 heterocycles. The smallest absolute Gasteiger partial charge is 0.248 e. The van der Waals surface area contributed by atoms with Crippen molar-refractivity contribution in [3.63, 3.8) is 0 Å². The lowest BCUT2D eigenvalue weighted by Crippen LogP contribution is -2.78. The van der Waals surface area contributed by atoms with Crippen LogP contribution in [0.25, 0.3) is 0 Å². The number of ether oxygens (including phenoxy) is 3. The van der Waals surface area contributed by atoms with E-state index >= 15 is 0 Å². The van der Waals surface area contributed by atoms with Gasteiger partial charge in [-0.2, -0.15) is 0 Å². The van der Waals surface area contributed by atoms with E-state index in [1.165, 1.54) is 0 Å². The minimum atomic E-state index is -2.14. The summed E-state index contributed by atoms with van der Waals surface area (Å²) in [5.41, 5.74) is -0.757. The Morgan fingerprint density at radius 3 is 2.58 bits per heavy atom. The maximum atomic E-state index is 11.7. The largest absolute Gasteiger partial charge is 0.391 e. The predicted molar refractivity (Wildman–Crippen MR) is 117 cm³/mol. The van der Waals surface area contributed by atoms with Gasteiger partial charge in [0.1, 0.15) is 17.8 Å². The molecule has 5 N–H and O–H groups in total. The highest BCUT2D eigenvalue weighted by molar-refractivity contribution is 5.10.